The van der Waals surface area contributed by atoms with Gasteiger partial charge >= 0.3 is 12.2 Å². The third kappa shape index (κ3) is 5.34. The van der Waals surface area contributed by atoms with E-state index in [-0.39, 0.29) is 11.4 Å². The van der Waals surface area contributed by atoms with E-state index in [1.165, 1.54) is 10.7 Å². The van der Waals surface area contributed by atoms with Crippen LogP contribution in [0, 0.1) is 0 Å². The number of rotatable bonds is 7. The normalized spacial score (nSPS) is 11.3. The molecule has 0 aliphatic heterocycles. The number of aromatic nitrogens is 4. The number of fused-ring (bicyclic) bond motifs is 1. The minimum atomic E-state index is -4.60. The highest BCUT2D eigenvalue weighted by molar-refractivity contribution is 5.89. The Morgan fingerprint density at radius 2 is 1.91 bits per heavy atom. The maximum absolute atomic E-state index is 13.3. The third-order valence-corrected chi connectivity index (χ3v) is 4.77. The molecule has 4 aromatic heterocycles. The van der Waals surface area contributed by atoms with Gasteiger partial charge in [-0.05, 0) is 35.9 Å². The number of carbonyl (C=O) groups is 1. The standard InChI is InChI=1S/C22H20F3N7O2/c1-34-20-17(22(23,24)25)11-15(13-29-20)14-5-9-32-16(10-14)12-19(31-32)30-21(33)28-8-7-27-18-4-2-3-6-26-18/h2-6,9-13H,7-8H2,1H3,(H,26,27)(H2,28,30,31,33). The molecule has 0 spiro atoms. The Hall–Kier alpha value is -4.35. The zero-order valence-electron chi connectivity index (χ0n) is 17.9. The Morgan fingerprint density at radius 1 is 1.06 bits per heavy atom. The number of nitrogens with one attached hydrogen (secondary N) is 3. The number of alkyl halides is 3. The number of pyridine rings is 3. The van der Waals surface area contributed by atoms with Crippen LogP contribution in [-0.4, -0.2) is 45.8 Å². The van der Waals surface area contributed by atoms with Crippen LogP contribution in [0.2, 0.25) is 0 Å². The topological polar surface area (TPSA) is 105 Å². The molecule has 3 N–H and O–H groups in total. The van der Waals surface area contributed by atoms with Crippen LogP contribution in [0.5, 0.6) is 5.88 Å². The Kier molecular flexibility index (Phi) is 6.48. The van der Waals surface area contributed by atoms with Gasteiger partial charge in [0.15, 0.2) is 5.82 Å². The molecule has 4 aromatic rings. The molecule has 12 heteroatoms. The number of amides is 2. The molecule has 2 amide bonds. The first-order valence-corrected chi connectivity index (χ1v) is 10.1. The van der Waals surface area contributed by atoms with Gasteiger partial charge in [-0.25, -0.2) is 19.3 Å². The summed E-state index contributed by atoms with van der Waals surface area (Å²) in [6, 6.07) is 10.9. The van der Waals surface area contributed by atoms with E-state index in [1.54, 1.807) is 30.6 Å². The summed E-state index contributed by atoms with van der Waals surface area (Å²) in [6.07, 6.45) is -0.0474. The average Bonchev–Trinajstić information content (AvgIpc) is 3.23. The van der Waals surface area contributed by atoms with Crippen LogP contribution >= 0.6 is 0 Å². The van der Waals surface area contributed by atoms with E-state index in [0.717, 1.165) is 13.2 Å². The summed E-state index contributed by atoms with van der Waals surface area (Å²) in [6.45, 7) is 0.834. The number of hydrogen-bond acceptors (Lipinski definition) is 6. The Morgan fingerprint density at radius 3 is 2.65 bits per heavy atom. The molecule has 0 radical (unpaired) electrons. The first-order chi connectivity index (χ1) is 16.3. The molecular formula is C22H20F3N7O2. The van der Waals surface area contributed by atoms with Crippen LogP contribution < -0.4 is 20.7 Å². The van der Waals surface area contributed by atoms with Gasteiger partial charge in [0.05, 0.1) is 12.6 Å². The molecule has 4 heterocycles. The number of hydrogen-bond donors (Lipinski definition) is 3. The number of methoxy groups -OCH3 is 1. The van der Waals surface area contributed by atoms with Gasteiger partial charge in [-0.15, -0.1) is 5.10 Å². The quantitative estimate of drug-likeness (QED) is 0.351. The average molecular weight is 471 g/mol. The molecule has 9 nitrogen and oxygen atoms in total. The lowest BCUT2D eigenvalue weighted by atomic mass is 10.1. The van der Waals surface area contributed by atoms with Crippen LogP contribution in [0.3, 0.4) is 0 Å². The number of urea groups is 1. The molecule has 0 aliphatic carbocycles. The molecule has 0 atom stereocenters. The van der Waals surface area contributed by atoms with Gasteiger partial charge in [0, 0.05) is 43.3 Å². The maximum atomic E-state index is 13.3. The zero-order valence-corrected chi connectivity index (χ0v) is 17.9. The Bertz CT molecular complexity index is 1290. The van der Waals surface area contributed by atoms with Gasteiger partial charge in [-0.3, -0.25) is 5.32 Å². The van der Waals surface area contributed by atoms with Crippen molar-refractivity contribution in [1.82, 2.24) is 24.9 Å². The van der Waals surface area contributed by atoms with Crippen LogP contribution in [0.1, 0.15) is 5.56 Å². The molecule has 0 saturated heterocycles. The highest BCUT2D eigenvalue weighted by Crippen LogP contribution is 2.37. The molecule has 0 fully saturated rings. The second-order valence-corrected chi connectivity index (χ2v) is 7.12. The molecule has 34 heavy (non-hydrogen) atoms. The second-order valence-electron chi connectivity index (χ2n) is 7.12. The summed E-state index contributed by atoms with van der Waals surface area (Å²) in [5.74, 6) is 0.501. The molecule has 0 saturated carbocycles. The van der Waals surface area contributed by atoms with Crippen molar-refractivity contribution in [1.29, 1.82) is 0 Å². The summed E-state index contributed by atoms with van der Waals surface area (Å²) in [7, 11) is 1.14. The van der Waals surface area contributed by atoms with Gasteiger partial charge < -0.3 is 15.4 Å². The van der Waals surface area contributed by atoms with E-state index < -0.39 is 23.7 Å². The number of nitrogens with zero attached hydrogens (tertiary/aromatic N) is 4. The van der Waals surface area contributed by atoms with Crippen LogP contribution in [0.15, 0.2) is 61.1 Å². The fraction of sp³-hybridized carbons (Fsp3) is 0.182. The predicted molar refractivity (Wildman–Crippen MR) is 120 cm³/mol. The van der Waals surface area contributed by atoms with Crippen molar-refractivity contribution in [2.45, 2.75) is 6.18 Å². The van der Waals surface area contributed by atoms with E-state index in [9.17, 15) is 18.0 Å². The summed E-state index contributed by atoms with van der Waals surface area (Å²) < 4.78 is 46.2. The molecule has 4 rings (SSSR count). The highest BCUT2D eigenvalue weighted by Gasteiger charge is 2.35. The lowest BCUT2D eigenvalue weighted by Gasteiger charge is -2.12. The predicted octanol–water partition coefficient (Wildman–Crippen LogP) is 4.05. The first-order valence-electron chi connectivity index (χ1n) is 10.1. The Balaban J connectivity index is 1.42. The van der Waals surface area contributed by atoms with Gasteiger partial charge in [0.25, 0.3) is 0 Å². The van der Waals surface area contributed by atoms with E-state index in [0.29, 0.717) is 30.0 Å². The lowest BCUT2D eigenvalue weighted by molar-refractivity contribution is -0.139. The van der Waals surface area contributed by atoms with Crippen molar-refractivity contribution in [2.24, 2.45) is 0 Å². The minimum Gasteiger partial charge on any atom is -0.481 e. The zero-order chi connectivity index (χ0) is 24.1. The van der Waals surface area contributed by atoms with Gasteiger partial charge in [0.1, 0.15) is 11.4 Å². The van der Waals surface area contributed by atoms with E-state index in [2.05, 4.69) is 31.0 Å². The van der Waals surface area contributed by atoms with Gasteiger partial charge in [-0.2, -0.15) is 13.2 Å². The smallest absolute Gasteiger partial charge is 0.421 e. The Labute approximate surface area is 192 Å². The SMILES string of the molecule is COc1ncc(-c2ccn3nc(NC(=O)NCCNc4ccccn4)cc3c2)cc1C(F)(F)F. The first kappa shape index (κ1) is 22.8. The molecule has 0 unspecified atom stereocenters. The molecule has 0 bridgehead atoms. The number of ether oxygens (including phenoxy) is 1. The summed E-state index contributed by atoms with van der Waals surface area (Å²) >= 11 is 0. The highest BCUT2D eigenvalue weighted by atomic mass is 19.4. The third-order valence-electron chi connectivity index (χ3n) is 4.77. The summed E-state index contributed by atoms with van der Waals surface area (Å²) in [5.41, 5.74) is 0.389. The van der Waals surface area contributed by atoms with Crippen LogP contribution in [0.25, 0.3) is 16.6 Å². The van der Waals surface area contributed by atoms with Crippen molar-refractivity contribution < 1.29 is 22.7 Å². The molecule has 176 valence electrons. The molecule has 0 aliphatic rings. The lowest BCUT2D eigenvalue weighted by Crippen LogP contribution is -2.32. The fourth-order valence-corrected chi connectivity index (χ4v) is 3.21. The minimum absolute atomic E-state index is 0.268. The van der Waals surface area contributed by atoms with Crippen molar-refractivity contribution in [3.8, 4) is 17.0 Å². The van der Waals surface area contributed by atoms with Crippen molar-refractivity contribution in [3.05, 3.63) is 66.6 Å². The van der Waals surface area contributed by atoms with E-state index >= 15 is 0 Å². The van der Waals surface area contributed by atoms with Crippen LogP contribution in [-0.2, 0) is 6.18 Å². The van der Waals surface area contributed by atoms with Crippen LogP contribution in [0.4, 0.5) is 29.6 Å². The summed E-state index contributed by atoms with van der Waals surface area (Å²) in [5, 5.41) is 12.6. The van der Waals surface area contributed by atoms with E-state index in [1.807, 2.05) is 18.2 Å². The van der Waals surface area contributed by atoms with Crippen molar-refractivity contribution in [2.75, 3.05) is 30.8 Å². The summed E-state index contributed by atoms with van der Waals surface area (Å²) in [4.78, 5) is 20.0. The monoisotopic (exact) mass is 471 g/mol. The second kappa shape index (κ2) is 9.65. The van der Waals surface area contributed by atoms with Gasteiger partial charge in [-0.1, -0.05) is 6.07 Å². The largest absolute Gasteiger partial charge is 0.481 e. The molecule has 0 aromatic carbocycles. The van der Waals surface area contributed by atoms with Crippen molar-refractivity contribution >= 4 is 23.2 Å². The number of halogens is 3. The van der Waals surface area contributed by atoms with E-state index in [4.69, 9.17) is 4.74 Å². The van der Waals surface area contributed by atoms with Crippen molar-refractivity contribution in [3.63, 3.8) is 0 Å². The number of anilines is 2. The molecular weight excluding hydrogens is 451 g/mol. The fourth-order valence-electron chi connectivity index (χ4n) is 3.21. The number of carbonyl (C=O) groups excluding carboxylic acids is 1. The van der Waals surface area contributed by atoms with Gasteiger partial charge in [0.2, 0.25) is 5.88 Å². The maximum Gasteiger partial charge on any atom is 0.421 e.